The van der Waals surface area contributed by atoms with Crippen LogP contribution in [0.15, 0.2) is 5.38 Å². The number of nitrogens with zero attached hydrogens (tertiary/aromatic N) is 1. The highest BCUT2D eigenvalue weighted by atomic mass is 32.1. The maximum Gasteiger partial charge on any atom is 0.311 e. The van der Waals surface area contributed by atoms with Crippen molar-refractivity contribution in [3.8, 4) is 0 Å². The van der Waals surface area contributed by atoms with Gasteiger partial charge in [-0.25, -0.2) is 4.98 Å². The quantitative estimate of drug-likeness (QED) is 0.785. The van der Waals surface area contributed by atoms with Gasteiger partial charge in [0.1, 0.15) is 0 Å². The van der Waals surface area contributed by atoms with Gasteiger partial charge in [-0.1, -0.05) is 0 Å². The van der Waals surface area contributed by atoms with Crippen molar-refractivity contribution in [2.75, 3.05) is 6.61 Å². The van der Waals surface area contributed by atoms with E-state index in [0.717, 1.165) is 23.5 Å². The third-order valence-corrected chi connectivity index (χ3v) is 4.65. The van der Waals surface area contributed by atoms with E-state index in [1.165, 1.54) is 6.42 Å². The van der Waals surface area contributed by atoms with E-state index in [9.17, 15) is 4.79 Å². The van der Waals surface area contributed by atoms with Gasteiger partial charge < -0.3 is 9.47 Å². The van der Waals surface area contributed by atoms with Crippen molar-refractivity contribution in [3.05, 3.63) is 16.1 Å². The van der Waals surface area contributed by atoms with Crippen LogP contribution in [-0.2, 0) is 20.7 Å². The van der Waals surface area contributed by atoms with Gasteiger partial charge in [0.05, 0.1) is 35.9 Å². The third kappa shape index (κ3) is 2.29. The minimum absolute atomic E-state index is 0.196. The fourth-order valence-corrected chi connectivity index (χ4v) is 3.82. The molecule has 0 spiro atoms. The van der Waals surface area contributed by atoms with Crippen LogP contribution in [0.5, 0.6) is 0 Å². The average molecular weight is 267 g/mol. The van der Waals surface area contributed by atoms with Gasteiger partial charge in [0, 0.05) is 11.3 Å². The Morgan fingerprint density at radius 3 is 3.17 bits per heavy atom. The molecule has 3 rings (SSSR count). The summed E-state index contributed by atoms with van der Waals surface area (Å²) >= 11 is 1.65. The Morgan fingerprint density at radius 2 is 2.50 bits per heavy atom. The van der Waals surface area contributed by atoms with Crippen molar-refractivity contribution in [1.82, 2.24) is 4.98 Å². The molecule has 2 aliphatic rings. The summed E-state index contributed by atoms with van der Waals surface area (Å²) in [5.41, 5.74) is 0.830. The standard InChI is InChI=1S/C13H17NO3S/c1-2-16-12(15)5-8-7-18-13(14-8)10-6-9-3-4-11(10)17-9/h7,9-11H,2-6H2,1H3. The Kier molecular flexibility index (Phi) is 3.35. The Balaban J connectivity index is 1.65. The minimum Gasteiger partial charge on any atom is -0.466 e. The largest absolute Gasteiger partial charge is 0.466 e. The third-order valence-electron chi connectivity index (χ3n) is 3.62. The van der Waals surface area contributed by atoms with Gasteiger partial charge in [-0.05, 0) is 26.2 Å². The molecular weight excluding hydrogens is 250 g/mol. The number of hydrogen-bond donors (Lipinski definition) is 0. The smallest absolute Gasteiger partial charge is 0.311 e. The zero-order valence-electron chi connectivity index (χ0n) is 10.4. The molecular formula is C13H17NO3S. The molecule has 0 aromatic carbocycles. The molecule has 0 aliphatic carbocycles. The van der Waals surface area contributed by atoms with Crippen molar-refractivity contribution in [1.29, 1.82) is 0 Å². The van der Waals surface area contributed by atoms with Crippen LogP contribution in [0, 0.1) is 0 Å². The van der Waals surface area contributed by atoms with Gasteiger partial charge in [0.25, 0.3) is 0 Å². The molecule has 0 saturated carbocycles. The number of rotatable bonds is 4. The van der Waals surface area contributed by atoms with Crippen LogP contribution in [0.2, 0.25) is 0 Å². The van der Waals surface area contributed by atoms with Crippen molar-refractivity contribution in [2.24, 2.45) is 0 Å². The normalized spacial score (nSPS) is 29.7. The molecule has 98 valence electrons. The Bertz CT molecular complexity index is 445. The van der Waals surface area contributed by atoms with Gasteiger partial charge in [0.2, 0.25) is 0 Å². The van der Waals surface area contributed by atoms with Crippen LogP contribution in [0.4, 0.5) is 0 Å². The molecule has 3 unspecified atom stereocenters. The highest BCUT2D eigenvalue weighted by molar-refractivity contribution is 7.09. The first-order valence-electron chi connectivity index (χ1n) is 6.51. The molecule has 0 radical (unpaired) electrons. The molecule has 3 heterocycles. The molecule has 0 N–H and O–H groups in total. The molecule has 1 aromatic rings. The van der Waals surface area contributed by atoms with Crippen LogP contribution in [0.25, 0.3) is 0 Å². The van der Waals surface area contributed by atoms with Gasteiger partial charge in [0.15, 0.2) is 0 Å². The molecule has 2 aliphatic heterocycles. The first kappa shape index (κ1) is 12.1. The van der Waals surface area contributed by atoms with E-state index in [-0.39, 0.29) is 12.4 Å². The second-order valence-corrected chi connectivity index (χ2v) is 5.76. The molecule has 5 heteroatoms. The Labute approximate surface area is 110 Å². The number of carbonyl (C=O) groups is 1. The summed E-state index contributed by atoms with van der Waals surface area (Å²) in [6, 6.07) is 0. The zero-order chi connectivity index (χ0) is 12.5. The number of ether oxygens (including phenoxy) is 2. The van der Waals surface area contributed by atoms with Gasteiger partial charge in [-0.3, -0.25) is 4.79 Å². The summed E-state index contributed by atoms with van der Waals surface area (Å²) in [6.07, 6.45) is 4.53. The maximum atomic E-state index is 11.4. The summed E-state index contributed by atoms with van der Waals surface area (Å²) < 4.78 is 10.8. The van der Waals surface area contributed by atoms with Crippen LogP contribution in [0.1, 0.15) is 42.8 Å². The molecule has 0 amide bonds. The lowest BCUT2D eigenvalue weighted by Crippen LogP contribution is -2.14. The SMILES string of the molecule is CCOC(=O)Cc1csc(C2CC3CCC2O3)n1. The monoisotopic (exact) mass is 267 g/mol. The lowest BCUT2D eigenvalue weighted by atomic mass is 9.90. The Hall–Kier alpha value is -0.940. The highest BCUT2D eigenvalue weighted by Crippen LogP contribution is 2.45. The first-order valence-corrected chi connectivity index (χ1v) is 7.39. The number of esters is 1. The number of carbonyl (C=O) groups excluding carboxylic acids is 1. The van der Waals surface area contributed by atoms with Gasteiger partial charge >= 0.3 is 5.97 Å². The second kappa shape index (κ2) is 4.97. The van der Waals surface area contributed by atoms with Crippen molar-refractivity contribution in [2.45, 2.75) is 50.7 Å². The molecule has 2 saturated heterocycles. The highest BCUT2D eigenvalue weighted by Gasteiger charge is 2.42. The lowest BCUT2D eigenvalue weighted by molar-refractivity contribution is -0.142. The second-order valence-electron chi connectivity index (χ2n) is 4.87. The number of aromatic nitrogens is 1. The van der Waals surface area contributed by atoms with E-state index in [4.69, 9.17) is 9.47 Å². The summed E-state index contributed by atoms with van der Waals surface area (Å²) in [6.45, 7) is 2.24. The van der Waals surface area contributed by atoms with Gasteiger partial charge in [-0.2, -0.15) is 0 Å². The lowest BCUT2D eigenvalue weighted by Gasteiger charge is -2.15. The number of thiazole rings is 1. The minimum atomic E-state index is -0.196. The van der Waals surface area contributed by atoms with E-state index < -0.39 is 0 Å². The fourth-order valence-electron chi connectivity index (χ4n) is 2.83. The van der Waals surface area contributed by atoms with E-state index in [0.29, 0.717) is 24.7 Å². The van der Waals surface area contributed by atoms with Gasteiger partial charge in [-0.15, -0.1) is 11.3 Å². The Morgan fingerprint density at radius 1 is 1.61 bits per heavy atom. The predicted molar refractivity (Wildman–Crippen MR) is 67.7 cm³/mol. The van der Waals surface area contributed by atoms with Crippen LogP contribution in [0.3, 0.4) is 0 Å². The number of fused-ring (bicyclic) bond motifs is 2. The summed E-state index contributed by atoms with van der Waals surface area (Å²) in [5.74, 6) is 0.253. The summed E-state index contributed by atoms with van der Waals surface area (Å²) in [4.78, 5) is 16.0. The van der Waals surface area contributed by atoms with Crippen molar-refractivity contribution < 1.29 is 14.3 Å². The van der Waals surface area contributed by atoms with Crippen molar-refractivity contribution >= 4 is 17.3 Å². The molecule has 2 bridgehead atoms. The molecule has 18 heavy (non-hydrogen) atoms. The molecule has 4 nitrogen and oxygen atoms in total. The van der Waals surface area contributed by atoms with Crippen LogP contribution in [-0.4, -0.2) is 29.8 Å². The van der Waals surface area contributed by atoms with E-state index in [2.05, 4.69) is 4.98 Å². The van der Waals surface area contributed by atoms with Crippen LogP contribution >= 0.6 is 11.3 Å². The first-order chi connectivity index (χ1) is 8.76. The van der Waals surface area contributed by atoms with E-state index in [1.807, 2.05) is 12.3 Å². The average Bonchev–Trinajstić information content (AvgIpc) is 3.03. The van der Waals surface area contributed by atoms with E-state index >= 15 is 0 Å². The summed E-state index contributed by atoms with van der Waals surface area (Å²) in [7, 11) is 0. The zero-order valence-corrected chi connectivity index (χ0v) is 11.2. The molecule has 3 atom stereocenters. The van der Waals surface area contributed by atoms with Crippen molar-refractivity contribution in [3.63, 3.8) is 0 Å². The topological polar surface area (TPSA) is 48.4 Å². The molecule has 2 fully saturated rings. The predicted octanol–water partition coefficient (Wildman–Crippen LogP) is 2.28. The molecule has 1 aromatic heterocycles. The summed E-state index contributed by atoms with van der Waals surface area (Å²) in [5, 5.41) is 3.10. The number of hydrogen-bond acceptors (Lipinski definition) is 5. The fraction of sp³-hybridized carbons (Fsp3) is 0.692. The van der Waals surface area contributed by atoms with Crippen LogP contribution < -0.4 is 0 Å². The maximum absolute atomic E-state index is 11.4. The van der Waals surface area contributed by atoms with E-state index in [1.54, 1.807) is 11.3 Å².